The number of nitrogens with zero attached hydrogens (tertiary/aromatic N) is 2. The molecule has 1 heterocycles. The summed E-state index contributed by atoms with van der Waals surface area (Å²) in [5.41, 5.74) is 6.59. The number of fused-ring (bicyclic) bond motifs is 2. The molecule has 4 nitrogen and oxygen atoms in total. The van der Waals surface area contributed by atoms with Gasteiger partial charge in [-0.15, -0.1) is 11.6 Å². The van der Waals surface area contributed by atoms with Gasteiger partial charge in [0, 0.05) is 11.3 Å². The summed E-state index contributed by atoms with van der Waals surface area (Å²) in [6.07, 6.45) is 11.9. The fraction of sp³-hybridized carbons (Fsp3) is 0.529. The second kappa shape index (κ2) is 5.48. The van der Waals surface area contributed by atoms with Gasteiger partial charge >= 0.3 is 0 Å². The van der Waals surface area contributed by atoms with Gasteiger partial charge in [0.1, 0.15) is 0 Å². The monoisotopic (exact) mass is 314 g/mol. The number of halogens is 1. The minimum Gasteiger partial charge on any atom is -0.339 e. The Bertz CT molecular complexity index is 644. The molecule has 5 rings (SSSR count). The normalized spacial score (nSPS) is 36.0. The molecule has 1 aliphatic heterocycles. The molecule has 0 spiro atoms. The molecule has 1 saturated carbocycles. The lowest BCUT2D eigenvalue weighted by Gasteiger charge is -2.43. The lowest BCUT2D eigenvalue weighted by Crippen LogP contribution is -2.46. The van der Waals surface area contributed by atoms with Crippen molar-refractivity contribution in [2.75, 3.05) is 0 Å². The SMILES string of the molecule is N#CC1NN=C(NC2=CC(Cl)CC=C2)C2=C1C1CCC2CC1. The molecule has 5 heteroatoms. The molecule has 0 radical (unpaired) electrons. The minimum absolute atomic E-state index is 0.0350. The highest BCUT2D eigenvalue weighted by atomic mass is 35.5. The summed E-state index contributed by atoms with van der Waals surface area (Å²) in [7, 11) is 0. The lowest BCUT2D eigenvalue weighted by atomic mass is 9.64. The van der Waals surface area contributed by atoms with Crippen molar-refractivity contribution >= 4 is 17.4 Å². The number of hydrazone groups is 1. The van der Waals surface area contributed by atoms with Gasteiger partial charge in [-0.1, -0.05) is 6.08 Å². The number of nitrogens with one attached hydrogen (secondary N) is 2. The van der Waals surface area contributed by atoms with Crippen LogP contribution < -0.4 is 10.7 Å². The Labute approximate surface area is 135 Å². The summed E-state index contributed by atoms with van der Waals surface area (Å²) >= 11 is 6.20. The maximum atomic E-state index is 9.42. The van der Waals surface area contributed by atoms with Crippen molar-refractivity contribution in [1.82, 2.24) is 10.7 Å². The molecule has 0 aromatic carbocycles. The highest BCUT2D eigenvalue weighted by Crippen LogP contribution is 2.47. The molecule has 0 aromatic rings. The van der Waals surface area contributed by atoms with Crippen LogP contribution in [0.15, 0.2) is 40.2 Å². The van der Waals surface area contributed by atoms with Gasteiger partial charge in [0.25, 0.3) is 0 Å². The molecule has 114 valence electrons. The summed E-state index contributed by atoms with van der Waals surface area (Å²) in [4.78, 5) is 0. The van der Waals surface area contributed by atoms with Crippen LogP contribution >= 0.6 is 11.6 Å². The minimum atomic E-state index is -0.259. The van der Waals surface area contributed by atoms with Crippen molar-refractivity contribution in [2.24, 2.45) is 16.9 Å². The number of allylic oxidation sites excluding steroid dienone is 3. The topological polar surface area (TPSA) is 60.2 Å². The number of hydrogen-bond acceptors (Lipinski definition) is 4. The van der Waals surface area contributed by atoms with Crippen LogP contribution in [0.2, 0.25) is 0 Å². The van der Waals surface area contributed by atoms with E-state index >= 15 is 0 Å². The Morgan fingerprint density at radius 2 is 2.05 bits per heavy atom. The van der Waals surface area contributed by atoms with Crippen LogP contribution in [0.4, 0.5) is 0 Å². The van der Waals surface area contributed by atoms with E-state index < -0.39 is 0 Å². The van der Waals surface area contributed by atoms with E-state index in [1.807, 2.05) is 6.08 Å². The first-order valence-corrected chi connectivity index (χ1v) is 8.46. The molecule has 0 saturated heterocycles. The second-order valence-electron chi connectivity index (χ2n) is 6.47. The Morgan fingerprint density at radius 3 is 2.77 bits per heavy atom. The van der Waals surface area contributed by atoms with E-state index in [4.69, 9.17) is 11.6 Å². The molecule has 2 bridgehead atoms. The van der Waals surface area contributed by atoms with Gasteiger partial charge in [0.05, 0.1) is 11.4 Å². The van der Waals surface area contributed by atoms with Crippen LogP contribution in [0.5, 0.6) is 0 Å². The molecule has 4 aliphatic carbocycles. The van der Waals surface area contributed by atoms with Crippen LogP contribution in [0.1, 0.15) is 32.1 Å². The highest BCUT2D eigenvalue weighted by Gasteiger charge is 2.42. The van der Waals surface area contributed by atoms with Gasteiger partial charge < -0.3 is 5.32 Å². The predicted octanol–water partition coefficient (Wildman–Crippen LogP) is 2.95. The fourth-order valence-electron chi connectivity index (χ4n) is 4.19. The average Bonchev–Trinajstić information content (AvgIpc) is 2.56. The molecule has 22 heavy (non-hydrogen) atoms. The molecule has 5 aliphatic rings. The van der Waals surface area contributed by atoms with Crippen molar-refractivity contribution in [3.63, 3.8) is 0 Å². The first-order valence-electron chi connectivity index (χ1n) is 8.03. The standard InChI is InChI=1S/C17H19ClN4/c18-12-2-1-3-13(8-12)20-17-16-11-6-4-10(5-7-11)15(16)14(9-19)21-22-17/h1,3,8,10-12,14,21H,2,4-7H2,(H,20,22). The van der Waals surface area contributed by atoms with Crippen molar-refractivity contribution in [2.45, 2.75) is 43.5 Å². The first kappa shape index (κ1) is 13.9. The Kier molecular flexibility index (Phi) is 3.46. The fourth-order valence-corrected chi connectivity index (χ4v) is 4.42. The van der Waals surface area contributed by atoms with E-state index in [1.54, 1.807) is 0 Å². The summed E-state index contributed by atoms with van der Waals surface area (Å²) in [5.74, 6) is 1.97. The summed E-state index contributed by atoms with van der Waals surface area (Å²) < 4.78 is 0. The van der Waals surface area contributed by atoms with Crippen molar-refractivity contribution in [3.05, 3.63) is 35.1 Å². The largest absolute Gasteiger partial charge is 0.339 e. The van der Waals surface area contributed by atoms with Gasteiger partial charge in [-0.3, -0.25) is 5.43 Å². The summed E-state index contributed by atoms with van der Waals surface area (Å²) in [6.45, 7) is 0. The number of alkyl halides is 1. The number of rotatable bonds is 1. The Hall–Kier alpha value is -1.73. The third kappa shape index (κ3) is 2.24. The van der Waals surface area contributed by atoms with E-state index in [-0.39, 0.29) is 11.4 Å². The summed E-state index contributed by atoms with van der Waals surface area (Å²) in [5, 5.41) is 17.3. The van der Waals surface area contributed by atoms with Gasteiger partial charge in [-0.2, -0.15) is 10.4 Å². The van der Waals surface area contributed by atoms with Crippen LogP contribution in [-0.2, 0) is 0 Å². The van der Waals surface area contributed by atoms with Crippen LogP contribution in [-0.4, -0.2) is 17.3 Å². The molecule has 2 unspecified atom stereocenters. The zero-order chi connectivity index (χ0) is 15.1. The molecule has 0 amide bonds. The molecule has 1 fully saturated rings. The van der Waals surface area contributed by atoms with E-state index in [1.165, 1.54) is 36.8 Å². The Morgan fingerprint density at radius 1 is 1.27 bits per heavy atom. The van der Waals surface area contributed by atoms with Crippen LogP contribution in [0.25, 0.3) is 0 Å². The first-order chi connectivity index (χ1) is 10.8. The molecular weight excluding hydrogens is 296 g/mol. The third-order valence-electron chi connectivity index (χ3n) is 5.17. The van der Waals surface area contributed by atoms with E-state index in [0.29, 0.717) is 11.8 Å². The second-order valence-corrected chi connectivity index (χ2v) is 7.03. The van der Waals surface area contributed by atoms with Crippen molar-refractivity contribution in [3.8, 4) is 6.07 Å². The predicted molar refractivity (Wildman–Crippen MR) is 87.1 cm³/mol. The van der Waals surface area contributed by atoms with Gasteiger partial charge in [-0.05, 0) is 61.7 Å². The molecule has 0 aromatic heterocycles. The van der Waals surface area contributed by atoms with Gasteiger partial charge in [0.15, 0.2) is 11.9 Å². The zero-order valence-corrected chi connectivity index (χ0v) is 13.1. The smallest absolute Gasteiger partial charge is 0.153 e. The maximum Gasteiger partial charge on any atom is 0.153 e. The molecule has 2 N–H and O–H groups in total. The lowest BCUT2D eigenvalue weighted by molar-refractivity contribution is 0.286. The molecule has 2 atom stereocenters. The number of nitriles is 1. The van der Waals surface area contributed by atoms with Crippen molar-refractivity contribution < 1.29 is 0 Å². The number of amidine groups is 1. The van der Waals surface area contributed by atoms with Gasteiger partial charge in [-0.25, -0.2) is 0 Å². The zero-order valence-electron chi connectivity index (χ0n) is 12.3. The van der Waals surface area contributed by atoms with Crippen LogP contribution in [0, 0.1) is 23.2 Å². The Balaban J connectivity index is 1.68. The van der Waals surface area contributed by atoms with Crippen molar-refractivity contribution in [1.29, 1.82) is 5.26 Å². The maximum absolute atomic E-state index is 9.42. The number of hydrogen-bond donors (Lipinski definition) is 2. The molecular formula is C17H19ClN4. The average molecular weight is 315 g/mol. The summed E-state index contributed by atoms with van der Waals surface area (Å²) in [6, 6.07) is 2.11. The third-order valence-corrected chi connectivity index (χ3v) is 5.47. The van der Waals surface area contributed by atoms with E-state index in [2.05, 4.69) is 34.1 Å². The van der Waals surface area contributed by atoms with E-state index in [0.717, 1.165) is 18.0 Å². The van der Waals surface area contributed by atoms with E-state index in [9.17, 15) is 5.26 Å². The quantitative estimate of drug-likeness (QED) is 0.732. The highest BCUT2D eigenvalue weighted by molar-refractivity contribution is 6.22. The van der Waals surface area contributed by atoms with Crippen LogP contribution in [0.3, 0.4) is 0 Å². The van der Waals surface area contributed by atoms with Gasteiger partial charge in [0.2, 0.25) is 0 Å².